The van der Waals surface area contributed by atoms with Crippen LogP contribution in [0.3, 0.4) is 0 Å². The Labute approximate surface area is 162 Å². The number of carbonyl (C=O) groups is 1. The Morgan fingerprint density at radius 3 is 2.25 bits per heavy atom. The zero-order valence-electron chi connectivity index (χ0n) is 15.0. The van der Waals surface area contributed by atoms with E-state index in [1.54, 1.807) is 29.1 Å². The van der Waals surface area contributed by atoms with Gasteiger partial charge in [-0.05, 0) is 18.2 Å². The minimum Gasteiger partial charge on any atom is -0.348 e. The standard InChI is InChI=1S/C23H18FN3O/c24-21-14-8-7-11-18(21)15-25-23(28)20-16-26-27(19-12-5-2-6-13-19)22(20)17-9-3-1-4-10-17/h1-14,16H,15H2,(H,25,28). The second kappa shape index (κ2) is 7.88. The van der Waals surface area contributed by atoms with E-state index in [1.165, 1.54) is 6.07 Å². The fourth-order valence-electron chi connectivity index (χ4n) is 3.07. The molecule has 0 unspecified atom stereocenters. The fraction of sp³-hybridized carbons (Fsp3) is 0.0435. The van der Waals surface area contributed by atoms with Crippen LogP contribution in [-0.2, 0) is 6.54 Å². The summed E-state index contributed by atoms with van der Waals surface area (Å²) in [5.41, 5.74) is 3.30. The molecule has 1 N–H and O–H groups in total. The summed E-state index contributed by atoms with van der Waals surface area (Å²) < 4.78 is 15.6. The Morgan fingerprint density at radius 2 is 1.54 bits per heavy atom. The van der Waals surface area contributed by atoms with Gasteiger partial charge in [0.2, 0.25) is 0 Å². The number of halogens is 1. The lowest BCUT2D eigenvalue weighted by Crippen LogP contribution is -2.23. The van der Waals surface area contributed by atoms with Gasteiger partial charge in [-0.3, -0.25) is 4.79 Å². The molecular formula is C23H18FN3O. The predicted octanol–water partition coefficient (Wildman–Crippen LogP) is 4.61. The summed E-state index contributed by atoms with van der Waals surface area (Å²) in [6, 6.07) is 25.7. The van der Waals surface area contributed by atoms with Crippen molar-refractivity contribution in [2.75, 3.05) is 0 Å². The SMILES string of the molecule is O=C(NCc1ccccc1F)c1cnn(-c2ccccc2)c1-c1ccccc1. The number of nitrogens with zero attached hydrogens (tertiary/aromatic N) is 2. The highest BCUT2D eigenvalue weighted by molar-refractivity contribution is 6.00. The van der Waals surface area contributed by atoms with Gasteiger partial charge in [-0.1, -0.05) is 66.7 Å². The third kappa shape index (κ3) is 3.55. The highest BCUT2D eigenvalue weighted by Crippen LogP contribution is 2.26. The molecule has 4 nitrogen and oxygen atoms in total. The van der Waals surface area contributed by atoms with Gasteiger partial charge in [0.15, 0.2) is 0 Å². The molecule has 0 saturated heterocycles. The van der Waals surface area contributed by atoms with Crippen molar-refractivity contribution in [3.05, 3.63) is 108 Å². The lowest BCUT2D eigenvalue weighted by Gasteiger charge is -2.11. The molecular weight excluding hydrogens is 353 g/mol. The largest absolute Gasteiger partial charge is 0.348 e. The van der Waals surface area contributed by atoms with Crippen molar-refractivity contribution in [3.8, 4) is 16.9 Å². The maximum absolute atomic E-state index is 13.8. The number of para-hydroxylation sites is 1. The Hall–Kier alpha value is -3.73. The first-order valence-corrected chi connectivity index (χ1v) is 8.94. The third-order valence-electron chi connectivity index (χ3n) is 4.46. The van der Waals surface area contributed by atoms with Crippen LogP contribution in [0.2, 0.25) is 0 Å². The van der Waals surface area contributed by atoms with E-state index in [4.69, 9.17) is 0 Å². The van der Waals surface area contributed by atoms with Gasteiger partial charge in [0.25, 0.3) is 5.91 Å². The summed E-state index contributed by atoms with van der Waals surface area (Å²) in [6.45, 7) is 0.107. The van der Waals surface area contributed by atoms with Gasteiger partial charge in [0.1, 0.15) is 5.82 Å². The Kier molecular flexibility index (Phi) is 4.97. The quantitative estimate of drug-likeness (QED) is 0.557. The fourth-order valence-corrected chi connectivity index (χ4v) is 3.07. The number of nitrogens with one attached hydrogen (secondary N) is 1. The first-order valence-electron chi connectivity index (χ1n) is 8.94. The van der Waals surface area contributed by atoms with Gasteiger partial charge in [0, 0.05) is 17.7 Å². The molecule has 3 aromatic carbocycles. The zero-order valence-corrected chi connectivity index (χ0v) is 15.0. The van der Waals surface area contributed by atoms with Crippen LogP contribution in [0.4, 0.5) is 4.39 Å². The number of carbonyl (C=O) groups excluding carboxylic acids is 1. The van der Waals surface area contributed by atoms with E-state index >= 15 is 0 Å². The molecule has 0 bridgehead atoms. The molecule has 0 radical (unpaired) electrons. The Bertz CT molecular complexity index is 1090. The van der Waals surface area contributed by atoms with Crippen molar-refractivity contribution in [2.24, 2.45) is 0 Å². The molecule has 1 heterocycles. The molecule has 4 rings (SSSR count). The third-order valence-corrected chi connectivity index (χ3v) is 4.46. The van der Waals surface area contributed by atoms with Gasteiger partial charge >= 0.3 is 0 Å². The minimum atomic E-state index is -0.342. The van der Waals surface area contributed by atoms with Crippen molar-refractivity contribution < 1.29 is 9.18 Å². The molecule has 0 aliphatic carbocycles. The van der Waals surface area contributed by atoms with Gasteiger partial charge in [-0.2, -0.15) is 5.10 Å². The highest BCUT2D eigenvalue weighted by Gasteiger charge is 2.20. The van der Waals surface area contributed by atoms with Gasteiger partial charge < -0.3 is 5.32 Å². The normalized spacial score (nSPS) is 10.6. The van der Waals surface area contributed by atoms with Gasteiger partial charge in [0.05, 0.1) is 23.1 Å². The number of hydrogen-bond donors (Lipinski definition) is 1. The summed E-state index contributed by atoms with van der Waals surface area (Å²) in [5, 5.41) is 7.24. The smallest absolute Gasteiger partial charge is 0.255 e. The van der Waals surface area contributed by atoms with Crippen LogP contribution in [0.25, 0.3) is 16.9 Å². The Balaban J connectivity index is 1.70. The number of amides is 1. The van der Waals surface area contributed by atoms with Crippen molar-refractivity contribution in [2.45, 2.75) is 6.54 Å². The predicted molar refractivity (Wildman–Crippen MR) is 107 cm³/mol. The maximum atomic E-state index is 13.8. The maximum Gasteiger partial charge on any atom is 0.255 e. The molecule has 1 amide bonds. The average Bonchev–Trinajstić information content (AvgIpc) is 3.19. The summed E-state index contributed by atoms with van der Waals surface area (Å²) in [4.78, 5) is 12.9. The van der Waals surface area contributed by atoms with Crippen LogP contribution in [0.5, 0.6) is 0 Å². The molecule has 28 heavy (non-hydrogen) atoms. The summed E-state index contributed by atoms with van der Waals surface area (Å²) in [7, 11) is 0. The van der Waals surface area contributed by atoms with Crippen LogP contribution >= 0.6 is 0 Å². The van der Waals surface area contributed by atoms with E-state index in [0.29, 0.717) is 16.8 Å². The van der Waals surface area contributed by atoms with E-state index in [0.717, 1.165) is 11.3 Å². The monoisotopic (exact) mass is 371 g/mol. The number of hydrogen-bond acceptors (Lipinski definition) is 2. The number of aromatic nitrogens is 2. The second-order valence-corrected chi connectivity index (χ2v) is 6.29. The Morgan fingerprint density at radius 1 is 0.893 bits per heavy atom. The first kappa shape index (κ1) is 17.7. The minimum absolute atomic E-state index is 0.107. The average molecular weight is 371 g/mol. The molecule has 0 fully saturated rings. The van der Waals surface area contributed by atoms with Crippen LogP contribution in [0.15, 0.2) is 91.1 Å². The molecule has 0 saturated carbocycles. The molecule has 5 heteroatoms. The molecule has 0 aliphatic rings. The molecule has 1 aromatic heterocycles. The van der Waals surface area contributed by atoms with Crippen LogP contribution in [-0.4, -0.2) is 15.7 Å². The number of rotatable bonds is 5. The van der Waals surface area contributed by atoms with Crippen molar-refractivity contribution >= 4 is 5.91 Å². The first-order chi connectivity index (χ1) is 13.7. The van der Waals surface area contributed by atoms with E-state index in [2.05, 4.69) is 10.4 Å². The lowest BCUT2D eigenvalue weighted by molar-refractivity contribution is 0.0951. The summed E-state index contributed by atoms with van der Waals surface area (Å²) in [6.07, 6.45) is 1.55. The topological polar surface area (TPSA) is 46.9 Å². The van der Waals surface area contributed by atoms with Crippen molar-refractivity contribution in [3.63, 3.8) is 0 Å². The highest BCUT2D eigenvalue weighted by atomic mass is 19.1. The molecule has 138 valence electrons. The molecule has 0 spiro atoms. The summed E-state index contributed by atoms with van der Waals surface area (Å²) >= 11 is 0. The van der Waals surface area contributed by atoms with E-state index in [1.807, 2.05) is 60.7 Å². The molecule has 0 atom stereocenters. The van der Waals surface area contributed by atoms with E-state index in [-0.39, 0.29) is 18.3 Å². The molecule has 4 aromatic rings. The van der Waals surface area contributed by atoms with Crippen LogP contribution in [0, 0.1) is 5.82 Å². The van der Waals surface area contributed by atoms with E-state index in [9.17, 15) is 9.18 Å². The van der Waals surface area contributed by atoms with Crippen molar-refractivity contribution in [1.29, 1.82) is 0 Å². The van der Waals surface area contributed by atoms with Crippen molar-refractivity contribution in [1.82, 2.24) is 15.1 Å². The summed E-state index contributed by atoms with van der Waals surface area (Å²) in [5.74, 6) is -0.643. The van der Waals surface area contributed by atoms with Gasteiger partial charge in [-0.15, -0.1) is 0 Å². The van der Waals surface area contributed by atoms with Gasteiger partial charge in [-0.25, -0.2) is 9.07 Å². The number of benzene rings is 3. The van der Waals surface area contributed by atoms with Crippen LogP contribution < -0.4 is 5.32 Å². The zero-order chi connectivity index (χ0) is 19.3. The second-order valence-electron chi connectivity index (χ2n) is 6.29. The molecule has 0 aliphatic heterocycles. The lowest BCUT2D eigenvalue weighted by atomic mass is 10.1. The van der Waals surface area contributed by atoms with Crippen LogP contribution in [0.1, 0.15) is 15.9 Å². The van der Waals surface area contributed by atoms with E-state index < -0.39 is 0 Å².